The molecule has 0 heterocycles. The first-order valence-electron chi connectivity index (χ1n) is 5.82. The van der Waals surface area contributed by atoms with Crippen molar-refractivity contribution >= 4 is 5.97 Å². The van der Waals surface area contributed by atoms with Gasteiger partial charge in [-0.3, -0.25) is 0 Å². The molecular weight excluding hydrogens is 206 g/mol. The van der Waals surface area contributed by atoms with E-state index in [1.165, 1.54) is 0 Å². The third-order valence-electron chi connectivity index (χ3n) is 2.45. The number of carbonyl (C=O) groups is 1. The van der Waals surface area contributed by atoms with E-state index in [0.717, 1.165) is 19.4 Å². The first-order chi connectivity index (χ1) is 7.65. The summed E-state index contributed by atoms with van der Waals surface area (Å²) in [6, 6.07) is 0. The number of nitrogens with one attached hydrogen (secondary N) is 1. The Bertz CT molecular complexity index is 216. The number of carbonyl (C=O) groups excluding carboxylic acids is 1. The van der Waals surface area contributed by atoms with Crippen molar-refractivity contribution in [2.75, 3.05) is 26.3 Å². The fraction of sp³-hybridized carbons (Fsp3) is 0.750. The Morgan fingerprint density at radius 3 is 2.69 bits per heavy atom. The minimum absolute atomic E-state index is 0.207. The number of hydrogen-bond donors (Lipinski definition) is 2. The Morgan fingerprint density at radius 1 is 1.50 bits per heavy atom. The van der Waals surface area contributed by atoms with Crippen LogP contribution in [-0.4, -0.2) is 37.4 Å². The van der Waals surface area contributed by atoms with Gasteiger partial charge in [0.15, 0.2) is 0 Å². The van der Waals surface area contributed by atoms with Gasteiger partial charge in [-0.25, -0.2) is 4.79 Å². The molecule has 4 nitrogen and oxygen atoms in total. The van der Waals surface area contributed by atoms with Crippen LogP contribution in [0, 0.1) is 5.92 Å². The minimum Gasteiger partial charge on any atom is -0.463 e. The van der Waals surface area contributed by atoms with E-state index in [4.69, 9.17) is 9.84 Å². The fourth-order valence-electron chi connectivity index (χ4n) is 1.37. The second-order valence-electron chi connectivity index (χ2n) is 3.74. The zero-order valence-corrected chi connectivity index (χ0v) is 10.3. The number of aliphatic hydroxyl groups is 1. The molecule has 94 valence electrons. The van der Waals surface area contributed by atoms with Gasteiger partial charge < -0.3 is 15.2 Å². The van der Waals surface area contributed by atoms with Gasteiger partial charge in [-0.1, -0.05) is 19.9 Å². The number of hydrogen-bond acceptors (Lipinski definition) is 4. The lowest BCUT2D eigenvalue weighted by atomic mass is 10.0. The summed E-state index contributed by atoms with van der Waals surface area (Å²) in [4.78, 5) is 11.2. The molecule has 0 amide bonds. The maximum atomic E-state index is 11.2. The lowest BCUT2D eigenvalue weighted by Crippen LogP contribution is -2.27. The van der Waals surface area contributed by atoms with Crippen LogP contribution in [0.25, 0.3) is 0 Å². The van der Waals surface area contributed by atoms with Gasteiger partial charge in [-0.15, -0.1) is 0 Å². The normalized spacial score (nSPS) is 12.2. The molecule has 4 heteroatoms. The van der Waals surface area contributed by atoms with Crippen molar-refractivity contribution < 1.29 is 14.6 Å². The largest absolute Gasteiger partial charge is 0.463 e. The van der Waals surface area contributed by atoms with Crippen LogP contribution in [0.1, 0.15) is 26.7 Å². The zero-order chi connectivity index (χ0) is 12.4. The lowest BCUT2D eigenvalue weighted by Gasteiger charge is -2.14. The van der Waals surface area contributed by atoms with Gasteiger partial charge in [0.2, 0.25) is 0 Å². The number of ether oxygens (including phenoxy) is 1. The highest BCUT2D eigenvalue weighted by Gasteiger charge is 2.09. The van der Waals surface area contributed by atoms with Crippen molar-refractivity contribution in [3.05, 3.63) is 12.2 Å². The van der Waals surface area contributed by atoms with Crippen molar-refractivity contribution in [3.63, 3.8) is 0 Å². The summed E-state index contributed by atoms with van der Waals surface area (Å²) in [5.74, 6) is 0.102. The second-order valence-corrected chi connectivity index (χ2v) is 3.74. The zero-order valence-electron chi connectivity index (χ0n) is 10.3. The van der Waals surface area contributed by atoms with Crippen molar-refractivity contribution in [1.82, 2.24) is 5.32 Å². The number of esters is 1. The van der Waals surface area contributed by atoms with E-state index < -0.39 is 0 Å². The van der Waals surface area contributed by atoms with E-state index in [2.05, 4.69) is 18.8 Å². The SMILES string of the molecule is C=C(CNCC(CC)CCO)C(=O)OCC. The molecule has 0 fully saturated rings. The van der Waals surface area contributed by atoms with E-state index in [9.17, 15) is 4.79 Å². The maximum Gasteiger partial charge on any atom is 0.334 e. The molecule has 0 saturated heterocycles. The van der Waals surface area contributed by atoms with E-state index in [1.807, 2.05) is 0 Å². The Morgan fingerprint density at radius 2 is 2.19 bits per heavy atom. The number of rotatable bonds is 9. The quantitative estimate of drug-likeness (QED) is 0.459. The third-order valence-corrected chi connectivity index (χ3v) is 2.45. The molecule has 16 heavy (non-hydrogen) atoms. The van der Waals surface area contributed by atoms with Gasteiger partial charge in [0, 0.05) is 18.7 Å². The monoisotopic (exact) mass is 229 g/mol. The molecule has 0 radical (unpaired) electrons. The summed E-state index contributed by atoms with van der Waals surface area (Å²) >= 11 is 0. The van der Waals surface area contributed by atoms with Gasteiger partial charge in [-0.05, 0) is 25.8 Å². The Kier molecular flexibility index (Phi) is 8.85. The summed E-state index contributed by atoms with van der Waals surface area (Å²) in [7, 11) is 0. The minimum atomic E-state index is -0.342. The van der Waals surface area contributed by atoms with Crippen LogP contribution in [-0.2, 0) is 9.53 Å². The molecule has 0 aromatic rings. The molecule has 1 atom stereocenters. The van der Waals surface area contributed by atoms with Crippen molar-refractivity contribution in [3.8, 4) is 0 Å². The number of aliphatic hydroxyl groups excluding tert-OH is 1. The third kappa shape index (κ3) is 6.58. The molecule has 0 aromatic carbocycles. The highest BCUT2D eigenvalue weighted by Crippen LogP contribution is 2.05. The van der Waals surface area contributed by atoms with Crippen LogP contribution in [0.3, 0.4) is 0 Å². The van der Waals surface area contributed by atoms with E-state index in [0.29, 0.717) is 24.6 Å². The van der Waals surface area contributed by atoms with Gasteiger partial charge in [0.25, 0.3) is 0 Å². The predicted octanol–water partition coefficient (Wildman–Crippen LogP) is 1.10. The summed E-state index contributed by atoms with van der Waals surface area (Å²) in [6.07, 6.45) is 1.80. The highest BCUT2D eigenvalue weighted by molar-refractivity contribution is 5.88. The van der Waals surface area contributed by atoms with Crippen molar-refractivity contribution in [2.45, 2.75) is 26.7 Å². The summed E-state index contributed by atoms with van der Waals surface area (Å²) in [5.41, 5.74) is 0.445. The Balaban J connectivity index is 3.71. The lowest BCUT2D eigenvalue weighted by molar-refractivity contribution is -0.138. The van der Waals surface area contributed by atoms with Crippen LogP contribution in [0.2, 0.25) is 0 Å². The molecule has 0 aliphatic rings. The van der Waals surface area contributed by atoms with Crippen molar-refractivity contribution in [1.29, 1.82) is 0 Å². The molecular formula is C12H23NO3. The Labute approximate surface area is 97.7 Å². The van der Waals surface area contributed by atoms with Crippen LogP contribution in [0.5, 0.6) is 0 Å². The molecule has 0 bridgehead atoms. The fourth-order valence-corrected chi connectivity index (χ4v) is 1.37. The average Bonchev–Trinajstić information content (AvgIpc) is 2.28. The highest BCUT2D eigenvalue weighted by atomic mass is 16.5. The molecule has 0 aliphatic carbocycles. The van der Waals surface area contributed by atoms with E-state index in [1.54, 1.807) is 6.92 Å². The molecule has 0 saturated carbocycles. The van der Waals surface area contributed by atoms with E-state index >= 15 is 0 Å². The van der Waals surface area contributed by atoms with Crippen LogP contribution < -0.4 is 5.32 Å². The smallest absolute Gasteiger partial charge is 0.334 e. The predicted molar refractivity (Wildman–Crippen MR) is 64.1 cm³/mol. The standard InChI is InChI=1S/C12H23NO3/c1-4-11(6-7-14)9-13-8-10(3)12(15)16-5-2/h11,13-14H,3-9H2,1-2H3. The molecule has 0 spiro atoms. The van der Waals surface area contributed by atoms with Gasteiger partial charge in [0.1, 0.15) is 0 Å². The first-order valence-corrected chi connectivity index (χ1v) is 5.82. The average molecular weight is 229 g/mol. The van der Waals surface area contributed by atoms with Gasteiger partial charge >= 0.3 is 5.97 Å². The topological polar surface area (TPSA) is 58.6 Å². The van der Waals surface area contributed by atoms with Gasteiger partial charge in [0.05, 0.1) is 6.61 Å². The first kappa shape index (κ1) is 15.1. The van der Waals surface area contributed by atoms with Crippen LogP contribution in [0.4, 0.5) is 0 Å². The summed E-state index contributed by atoms with van der Waals surface area (Å²) in [6.45, 7) is 9.33. The molecule has 0 aliphatic heterocycles. The second kappa shape index (κ2) is 9.36. The van der Waals surface area contributed by atoms with Crippen LogP contribution >= 0.6 is 0 Å². The summed E-state index contributed by atoms with van der Waals surface area (Å²) < 4.78 is 4.82. The Hall–Kier alpha value is -0.870. The van der Waals surface area contributed by atoms with E-state index in [-0.39, 0.29) is 12.6 Å². The van der Waals surface area contributed by atoms with Crippen LogP contribution in [0.15, 0.2) is 12.2 Å². The van der Waals surface area contributed by atoms with Crippen molar-refractivity contribution in [2.24, 2.45) is 5.92 Å². The maximum absolute atomic E-state index is 11.2. The molecule has 1 unspecified atom stereocenters. The molecule has 2 N–H and O–H groups in total. The molecule has 0 rings (SSSR count). The van der Waals surface area contributed by atoms with Gasteiger partial charge in [-0.2, -0.15) is 0 Å². The summed E-state index contributed by atoms with van der Waals surface area (Å²) in [5, 5.41) is 12.0. The molecule has 0 aromatic heterocycles.